The van der Waals surface area contributed by atoms with Gasteiger partial charge in [-0.3, -0.25) is 4.79 Å². The van der Waals surface area contributed by atoms with Crippen molar-refractivity contribution in [3.05, 3.63) is 0 Å². The van der Waals surface area contributed by atoms with Gasteiger partial charge < -0.3 is 15.4 Å². The van der Waals surface area contributed by atoms with Gasteiger partial charge in [0.25, 0.3) is 0 Å². The fourth-order valence-electron chi connectivity index (χ4n) is 1.73. The Kier molecular flexibility index (Phi) is 5.77. The van der Waals surface area contributed by atoms with Gasteiger partial charge in [0.05, 0.1) is 6.10 Å². The third-order valence-corrected chi connectivity index (χ3v) is 2.70. The summed E-state index contributed by atoms with van der Waals surface area (Å²) in [7, 11) is 0. The van der Waals surface area contributed by atoms with Crippen molar-refractivity contribution in [2.45, 2.75) is 45.8 Å². The van der Waals surface area contributed by atoms with Crippen molar-refractivity contribution < 1.29 is 9.53 Å². The normalized spacial score (nSPS) is 23.1. The molecule has 1 aliphatic rings. The second-order valence-corrected chi connectivity index (χ2v) is 4.89. The molecule has 4 nitrogen and oxygen atoms in total. The number of carbonyl (C=O) groups is 1. The Morgan fingerprint density at radius 3 is 2.81 bits per heavy atom. The van der Waals surface area contributed by atoms with Crippen LogP contribution in [0, 0.1) is 5.92 Å². The standard InChI is InChI=1S/C12H24N2O2/c1-9(2)7-14-12(15)10(3)16-11-5-4-6-13-8-11/h9-11,13H,4-8H2,1-3H3,(H,14,15)/t10?,11-/m0/s1. The van der Waals surface area contributed by atoms with Crippen LogP contribution in [0.15, 0.2) is 0 Å². The summed E-state index contributed by atoms with van der Waals surface area (Å²) in [6.07, 6.45) is 2.02. The number of amides is 1. The van der Waals surface area contributed by atoms with Gasteiger partial charge in [0.1, 0.15) is 6.10 Å². The molecule has 16 heavy (non-hydrogen) atoms. The molecule has 4 heteroatoms. The van der Waals surface area contributed by atoms with Gasteiger partial charge in [-0.2, -0.15) is 0 Å². The lowest BCUT2D eigenvalue weighted by atomic mass is 10.1. The fourth-order valence-corrected chi connectivity index (χ4v) is 1.73. The van der Waals surface area contributed by atoms with Crippen LogP contribution in [-0.4, -0.2) is 37.7 Å². The minimum atomic E-state index is -0.344. The molecule has 2 atom stereocenters. The highest BCUT2D eigenvalue weighted by Gasteiger charge is 2.20. The van der Waals surface area contributed by atoms with Crippen LogP contribution in [0.1, 0.15) is 33.6 Å². The second kappa shape index (κ2) is 6.86. The van der Waals surface area contributed by atoms with Gasteiger partial charge in [-0.05, 0) is 32.2 Å². The van der Waals surface area contributed by atoms with E-state index in [0.717, 1.165) is 32.5 Å². The summed E-state index contributed by atoms with van der Waals surface area (Å²) >= 11 is 0. The number of hydrogen-bond donors (Lipinski definition) is 2. The molecule has 94 valence electrons. The van der Waals surface area contributed by atoms with Crippen LogP contribution < -0.4 is 10.6 Å². The number of ether oxygens (including phenoxy) is 1. The van der Waals surface area contributed by atoms with Crippen LogP contribution >= 0.6 is 0 Å². The van der Waals surface area contributed by atoms with Gasteiger partial charge in [-0.15, -0.1) is 0 Å². The van der Waals surface area contributed by atoms with Gasteiger partial charge in [0, 0.05) is 13.1 Å². The number of nitrogens with one attached hydrogen (secondary N) is 2. The maximum absolute atomic E-state index is 11.7. The molecule has 0 aromatic carbocycles. The van der Waals surface area contributed by atoms with Crippen LogP contribution in [-0.2, 0) is 9.53 Å². The first-order valence-corrected chi connectivity index (χ1v) is 6.23. The number of rotatable bonds is 5. The molecule has 1 heterocycles. The van der Waals surface area contributed by atoms with E-state index in [2.05, 4.69) is 24.5 Å². The molecule has 0 aromatic heterocycles. The topological polar surface area (TPSA) is 50.4 Å². The van der Waals surface area contributed by atoms with E-state index in [4.69, 9.17) is 4.74 Å². The minimum absolute atomic E-state index is 0.000673. The molecule has 0 bridgehead atoms. The molecule has 0 radical (unpaired) electrons. The van der Waals surface area contributed by atoms with Crippen molar-refractivity contribution in [2.75, 3.05) is 19.6 Å². The van der Waals surface area contributed by atoms with Crippen molar-refractivity contribution in [2.24, 2.45) is 5.92 Å². The zero-order valence-corrected chi connectivity index (χ0v) is 10.6. The summed E-state index contributed by atoms with van der Waals surface area (Å²) in [4.78, 5) is 11.7. The Balaban J connectivity index is 2.21. The predicted molar refractivity (Wildman–Crippen MR) is 64.3 cm³/mol. The van der Waals surface area contributed by atoms with Crippen LogP contribution in [0.25, 0.3) is 0 Å². The Morgan fingerprint density at radius 1 is 1.50 bits per heavy atom. The molecule has 1 fully saturated rings. The predicted octanol–water partition coefficient (Wildman–Crippen LogP) is 0.916. The van der Waals surface area contributed by atoms with E-state index in [0.29, 0.717) is 5.92 Å². The summed E-state index contributed by atoms with van der Waals surface area (Å²) in [5.41, 5.74) is 0. The SMILES string of the molecule is CC(C)CNC(=O)C(C)O[C@H]1CCCNC1. The van der Waals surface area contributed by atoms with Crippen LogP contribution in [0.3, 0.4) is 0 Å². The summed E-state index contributed by atoms with van der Waals surface area (Å²) in [6.45, 7) is 8.63. The molecule has 1 aliphatic heterocycles. The molecule has 1 rings (SSSR count). The van der Waals surface area contributed by atoms with E-state index >= 15 is 0 Å². The lowest BCUT2D eigenvalue weighted by Crippen LogP contribution is -2.42. The quantitative estimate of drug-likeness (QED) is 0.735. The highest BCUT2D eigenvalue weighted by molar-refractivity contribution is 5.80. The van der Waals surface area contributed by atoms with Crippen LogP contribution in [0.2, 0.25) is 0 Å². The molecule has 0 aromatic rings. The van der Waals surface area contributed by atoms with Gasteiger partial charge >= 0.3 is 0 Å². The maximum atomic E-state index is 11.7. The molecular formula is C12H24N2O2. The molecule has 0 saturated carbocycles. The number of hydrogen-bond acceptors (Lipinski definition) is 3. The first kappa shape index (κ1) is 13.5. The largest absolute Gasteiger partial charge is 0.364 e. The van der Waals surface area contributed by atoms with E-state index in [1.54, 1.807) is 0 Å². The van der Waals surface area contributed by atoms with Gasteiger partial charge in [-0.25, -0.2) is 0 Å². The Labute approximate surface area is 98.1 Å². The van der Waals surface area contributed by atoms with E-state index in [1.165, 1.54) is 0 Å². The van der Waals surface area contributed by atoms with Crippen molar-refractivity contribution in [1.82, 2.24) is 10.6 Å². The molecule has 1 amide bonds. The van der Waals surface area contributed by atoms with E-state index in [9.17, 15) is 4.79 Å². The van der Waals surface area contributed by atoms with Crippen LogP contribution in [0.4, 0.5) is 0 Å². The molecule has 1 saturated heterocycles. The first-order valence-electron chi connectivity index (χ1n) is 6.23. The Hall–Kier alpha value is -0.610. The van der Waals surface area contributed by atoms with Crippen molar-refractivity contribution >= 4 is 5.91 Å². The van der Waals surface area contributed by atoms with E-state index in [-0.39, 0.29) is 18.1 Å². The van der Waals surface area contributed by atoms with E-state index in [1.807, 2.05) is 6.92 Å². The number of piperidine rings is 1. The molecule has 0 spiro atoms. The van der Waals surface area contributed by atoms with Gasteiger partial charge in [-0.1, -0.05) is 13.8 Å². The fraction of sp³-hybridized carbons (Fsp3) is 0.917. The monoisotopic (exact) mass is 228 g/mol. The first-order chi connectivity index (χ1) is 7.59. The summed E-state index contributed by atoms with van der Waals surface area (Å²) in [5, 5.41) is 6.16. The summed E-state index contributed by atoms with van der Waals surface area (Å²) in [6, 6.07) is 0. The van der Waals surface area contributed by atoms with Crippen molar-refractivity contribution in [3.8, 4) is 0 Å². The Bertz CT molecular complexity index is 213. The highest BCUT2D eigenvalue weighted by atomic mass is 16.5. The number of carbonyl (C=O) groups excluding carboxylic acids is 1. The molecule has 0 aliphatic carbocycles. The summed E-state index contributed by atoms with van der Waals surface area (Å²) in [5.74, 6) is 0.478. The third-order valence-electron chi connectivity index (χ3n) is 2.70. The lowest BCUT2D eigenvalue weighted by molar-refractivity contribution is -0.136. The van der Waals surface area contributed by atoms with Crippen molar-refractivity contribution in [3.63, 3.8) is 0 Å². The maximum Gasteiger partial charge on any atom is 0.248 e. The lowest BCUT2D eigenvalue weighted by Gasteiger charge is -2.26. The van der Waals surface area contributed by atoms with E-state index < -0.39 is 0 Å². The average molecular weight is 228 g/mol. The molecule has 2 N–H and O–H groups in total. The Morgan fingerprint density at radius 2 is 2.25 bits per heavy atom. The van der Waals surface area contributed by atoms with Crippen LogP contribution in [0.5, 0.6) is 0 Å². The highest BCUT2D eigenvalue weighted by Crippen LogP contribution is 2.08. The summed E-state index contributed by atoms with van der Waals surface area (Å²) < 4.78 is 5.71. The molecular weight excluding hydrogens is 204 g/mol. The zero-order valence-electron chi connectivity index (χ0n) is 10.6. The van der Waals surface area contributed by atoms with Crippen molar-refractivity contribution in [1.29, 1.82) is 0 Å². The van der Waals surface area contributed by atoms with Gasteiger partial charge in [0.2, 0.25) is 5.91 Å². The third kappa shape index (κ3) is 4.94. The van der Waals surface area contributed by atoms with Gasteiger partial charge in [0.15, 0.2) is 0 Å². The second-order valence-electron chi connectivity index (χ2n) is 4.89. The minimum Gasteiger partial charge on any atom is -0.364 e. The zero-order chi connectivity index (χ0) is 12.0. The molecule has 1 unspecified atom stereocenters. The smallest absolute Gasteiger partial charge is 0.248 e. The average Bonchev–Trinajstić information content (AvgIpc) is 2.27.